The Labute approximate surface area is 98.4 Å². The third-order valence-electron chi connectivity index (χ3n) is 2.28. The van der Waals surface area contributed by atoms with Gasteiger partial charge in [0.15, 0.2) is 0 Å². The van der Waals surface area contributed by atoms with E-state index < -0.39 is 0 Å². The van der Waals surface area contributed by atoms with Crippen molar-refractivity contribution in [1.29, 1.82) is 0 Å². The van der Waals surface area contributed by atoms with Crippen LogP contribution in [0.3, 0.4) is 0 Å². The summed E-state index contributed by atoms with van der Waals surface area (Å²) in [5, 5.41) is 2.94. The standard InChI is InChI=1S/C11H15BrN2O/c1-3-9(4-2)14-11(15)10-6-5-8(12)7-13-10/h5-7,9H,3-4H2,1-2H3,(H,14,15). The highest BCUT2D eigenvalue weighted by molar-refractivity contribution is 9.10. The molecule has 1 amide bonds. The monoisotopic (exact) mass is 270 g/mol. The molecule has 0 aliphatic carbocycles. The summed E-state index contributed by atoms with van der Waals surface area (Å²) in [6.45, 7) is 4.12. The van der Waals surface area contributed by atoms with Gasteiger partial charge in [0.1, 0.15) is 5.69 Å². The molecular weight excluding hydrogens is 256 g/mol. The van der Waals surface area contributed by atoms with E-state index in [1.54, 1.807) is 12.3 Å². The third-order valence-corrected chi connectivity index (χ3v) is 2.75. The van der Waals surface area contributed by atoms with Crippen molar-refractivity contribution in [2.75, 3.05) is 0 Å². The lowest BCUT2D eigenvalue weighted by atomic mass is 10.1. The summed E-state index contributed by atoms with van der Waals surface area (Å²) in [6.07, 6.45) is 3.51. The number of hydrogen-bond donors (Lipinski definition) is 1. The van der Waals surface area contributed by atoms with Crippen LogP contribution in [0.2, 0.25) is 0 Å². The number of pyridine rings is 1. The molecule has 1 N–H and O–H groups in total. The molecule has 15 heavy (non-hydrogen) atoms. The summed E-state index contributed by atoms with van der Waals surface area (Å²) in [6, 6.07) is 3.76. The Morgan fingerprint density at radius 1 is 1.47 bits per heavy atom. The Morgan fingerprint density at radius 2 is 2.13 bits per heavy atom. The van der Waals surface area contributed by atoms with Gasteiger partial charge in [-0.15, -0.1) is 0 Å². The summed E-state index contributed by atoms with van der Waals surface area (Å²) >= 11 is 3.28. The van der Waals surface area contributed by atoms with Gasteiger partial charge < -0.3 is 5.32 Å². The highest BCUT2D eigenvalue weighted by Crippen LogP contribution is 2.07. The Hall–Kier alpha value is -0.900. The second-order valence-corrected chi connectivity index (χ2v) is 4.26. The summed E-state index contributed by atoms with van der Waals surface area (Å²) < 4.78 is 0.876. The molecule has 4 heteroatoms. The van der Waals surface area contributed by atoms with Gasteiger partial charge in [-0.1, -0.05) is 13.8 Å². The molecule has 0 spiro atoms. The van der Waals surface area contributed by atoms with Crippen molar-refractivity contribution in [3.63, 3.8) is 0 Å². The van der Waals surface area contributed by atoms with Crippen LogP contribution in [0.1, 0.15) is 37.2 Å². The van der Waals surface area contributed by atoms with E-state index in [-0.39, 0.29) is 11.9 Å². The van der Waals surface area contributed by atoms with Crippen molar-refractivity contribution in [3.8, 4) is 0 Å². The quantitative estimate of drug-likeness (QED) is 0.914. The maximum Gasteiger partial charge on any atom is 0.270 e. The van der Waals surface area contributed by atoms with Crippen molar-refractivity contribution in [2.45, 2.75) is 32.7 Å². The molecule has 1 rings (SSSR count). The van der Waals surface area contributed by atoms with E-state index in [1.807, 2.05) is 6.07 Å². The normalized spacial score (nSPS) is 10.4. The van der Waals surface area contributed by atoms with Gasteiger partial charge in [-0.25, -0.2) is 4.98 Å². The fraction of sp³-hybridized carbons (Fsp3) is 0.455. The molecule has 0 atom stereocenters. The van der Waals surface area contributed by atoms with Crippen LogP contribution in [0.5, 0.6) is 0 Å². The van der Waals surface area contributed by atoms with E-state index in [4.69, 9.17) is 0 Å². The minimum Gasteiger partial charge on any atom is -0.348 e. The van der Waals surface area contributed by atoms with E-state index >= 15 is 0 Å². The highest BCUT2D eigenvalue weighted by Gasteiger charge is 2.10. The molecule has 0 saturated heterocycles. The Balaban J connectivity index is 2.64. The van der Waals surface area contributed by atoms with E-state index in [0.29, 0.717) is 5.69 Å². The van der Waals surface area contributed by atoms with E-state index in [1.165, 1.54) is 0 Å². The van der Waals surface area contributed by atoms with E-state index in [2.05, 4.69) is 40.1 Å². The van der Waals surface area contributed by atoms with Crippen molar-refractivity contribution < 1.29 is 4.79 Å². The number of hydrogen-bond acceptors (Lipinski definition) is 2. The molecule has 3 nitrogen and oxygen atoms in total. The first-order valence-corrected chi connectivity index (χ1v) is 5.89. The predicted molar refractivity (Wildman–Crippen MR) is 63.8 cm³/mol. The van der Waals surface area contributed by atoms with Crippen LogP contribution in [0.15, 0.2) is 22.8 Å². The maximum absolute atomic E-state index is 11.7. The number of halogens is 1. The second kappa shape index (κ2) is 5.85. The van der Waals surface area contributed by atoms with Gasteiger partial charge >= 0.3 is 0 Å². The summed E-state index contributed by atoms with van der Waals surface area (Å²) in [7, 11) is 0. The first-order chi connectivity index (χ1) is 7.17. The second-order valence-electron chi connectivity index (χ2n) is 3.35. The fourth-order valence-electron chi connectivity index (χ4n) is 1.26. The van der Waals surface area contributed by atoms with Gasteiger partial charge in [0.25, 0.3) is 5.91 Å². The Morgan fingerprint density at radius 3 is 2.60 bits per heavy atom. The number of carbonyl (C=O) groups excluding carboxylic acids is 1. The third kappa shape index (κ3) is 3.63. The van der Waals surface area contributed by atoms with Gasteiger partial charge in [0.2, 0.25) is 0 Å². The highest BCUT2D eigenvalue weighted by atomic mass is 79.9. The smallest absolute Gasteiger partial charge is 0.270 e. The van der Waals surface area contributed by atoms with Crippen LogP contribution in [0, 0.1) is 0 Å². The number of aromatic nitrogens is 1. The molecule has 1 aromatic heterocycles. The fourth-order valence-corrected chi connectivity index (χ4v) is 1.50. The van der Waals surface area contributed by atoms with Crippen molar-refractivity contribution in [1.82, 2.24) is 10.3 Å². The first kappa shape index (κ1) is 12.2. The van der Waals surface area contributed by atoms with Gasteiger partial charge in [0.05, 0.1) is 0 Å². The Kier molecular flexibility index (Phi) is 4.75. The molecule has 1 aromatic rings. The zero-order chi connectivity index (χ0) is 11.3. The molecule has 0 aromatic carbocycles. The molecule has 0 bridgehead atoms. The lowest BCUT2D eigenvalue weighted by molar-refractivity contribution is 0.0930. The lowest BCUT2D eigenvalue weighted by Crippen LogP contribution is -2.34. The molecule has 0 saturated carbocycles. The molecule has 0 aliphatic rings. The molecule has 0 fully saturated rings. The number of nitrogens with zero attached hydrogens (tertiary/aromatic N) is 1. The minimum atomic E-state index is -0.101. The Bertz CT molecular complexity index is 320. The molecule has 82 valence electrons. The molecular formula is C11H15BrN2O. The number of amides is 1. The van der Waals surface area contributed by atoms with Crippen LogP contribution < -0.4 is 5.32 Å². The van der Waals surface area contributed by atoms with E-state index in [0.717, 1.165) is 17.3 Å². The van der Waals surface area contributed by atoms with Crippen LogP contribution in [-0.4, -0.2) is 16.9 Å². The SMILES string of the molecule is CCC(CC)NC(=O)c1ccc(Br)cn1. The van der Waals surface area contributed by atoms with Crippen molar-refractivity contribution in [2.24, 2.45) is 0 Å². The molecule has 1 heterocycles. The average molecular weight is 271 g/mol. The summed E-state index contributed by atoms with van der Waals surface area (Å²) in [5.41, 5.74) is 0.463. The number of carbonyl (C=O) groups is 1. The zero-order valence-electron chi connectivity index (χ0n) is 8.96. The summed E-state index contributed by atoms with van der Waals surface area (Å²) in [4.78, 5) is 15.7. The number of nitrogens with one attached hydrogen (secondary N) is 1. The predicted octanol–water partition coefficient (Wildman–Crippen LogP) is 2.76. The topological polar surface area (TPSA) is 42.0 Å². The molecule has 0 radical (unpaired) electrons. The van der Waals surface area contributed by atoms with E-state index in [9.17, 15) is 4.79 Å². The van der Waals surface area contributed by atoms with Crippen LogP contribution in [-0.2, 0) is 0 Å². The van der Waals surface area contributed by atoms with Gasteiger partial charge in [-0.3, -0.25) is 4.79 Å². The minimum absolute atomic E-state index is 0.101. The maximum atomic E-state index is 11.7. The molecule has 0 aliphatic heterocycles. The van der Waals surface area contributed by atoms with Gasteiger partial charge in [0, 0.05) is 16.7 Å². The summed E-state index contributed by atoms with van der Waals surface area (Å²) in [5.74, 6) is -0.101. The average Bonchev–Trinajstić information content (AvgIpc) is 2.26. The van der Waals surface area contributed by atoms with Crippen LogP contribution in [0.25, 0.3) is 0 Å². The van der Waals surface area contributed by atoms with Gasteiger partial charge in [-0.05, 0) is 40.9 Å². The first-order valence-electron chi connectivity index (χ1n) is 5.09. The van der Waals surface area contributed by atoms with Crippen LogP contribution >= 0.6 is 15.9 Å². The molecule has 0 unspecified atom stereocenters. The van der Waals surface area contributed by atoms with Crippen molar-refractivity contribution >= 4 is 21.8 Å². The number of rotatable bonds is 4. The van der Waals surface area contributed by atoms with Crippen molar-refractivity contribution in [3.05, 3.63) is 28.5 Å². The van der Waals surface area contributed by atoms with Gasteiger partial charge in [-0.2, -0.15) is 0 Å². The largest absolute Gasteiger partial charge is 0.348 e. The zero-order valence-corrected chi connectivity index (χ0v) is 10.5. The van der Waals surface area contributed by atoms with Crippen LogP contribution in [0.4, 0.5) is 0 Å². The lowest BCUT2D eigenvalue weighted by Gasteiger charge is -2.13.